The number of methoxy groups -OCH3 is 3. The number of benzene rings is 4. The quantitative estimate of drug-likeness (QED) is 0.109. The summed E-state index contributed by atoms with van der Waals surface area (Å²) in [6, 6.07) is 32.4. The van der Waals surface area contributed by atoms with Crippen LogP contribution >= 0.6 is 0 Å². The monoisotopic (exact) mass is 692 g/mol. The van der Waals surface area contributed by atoms with Gasteiger partial charge in [0.25, 0.3) is 0 Å². The molecule has 0 aliphatic heterocycles. The summed E-state index contributed by atoms with van der Waals surface area (Å²) in [5, 5.41) is 0. The van der Waals surface area contributed by atoms with Crippen LogP contribution in [0.1, 0.15) is 59.4 Å². The Bertz CT molecular complexity index is 1880. The molecule has 4 aromatic carbocycles. The van der Waals surface area contributed by atoms with Crippen molar-refractivity contribution < 1.29 is 27.4 Å². The van der Waals surface area contributed by atoms with Gasteiger partial charge in [0.1, 0.15) is 11.5 Å². The van der Waals surface area contributed by atoms with E-state index in [1.165, 1.54) is 17.1 Å². The van der Waals surface area contributed by atoms with Gasteiger partial charge in [-0.3, -0.25) is 4.98 Å². The number of pyridine rings is 1. The molecule has 50 heavy (non-hydrogen) atoms. The standard InChI is InChI=1S/C41H44N2O6S/c1-46-35-15-8-31(9-16-35)28-43(29-32-10-17-36(47-2)18-11-32)50(44,45)38-19-12-33(13-20-38)39(26-30-22-24-42-25-23-30)34-14-21-40(48-3)41(27-34)49-37-6-4-5-7-37/h8-25,27,37,39H,4-7,26,28-29H2,1-3H3. The van der Waals surface area contributed by atoms with Crippen LogP contribution in [0.25, 0.3) is 0 Å². The molecule has 1 aliphatic rings. The first-order valence-corrected chi connectivity index (χ1v) is 18.4. The van der Waals surface area contributed by atoms with E-state index in [9.17, 15) is 8.42 Å². The fraction of sp³-hybridized carbons (Fsp3) is 0.293. The van der Waals surface area contributed by atoms with Crippen molar-refractivity contribution in [1.82, 2.24) is 9.29 Å². The van der Waals surface area contributed by atoms with Gasteiger partial charge in [-0.25, -0.2) is 8.42 Å². The van der Waals surface area contributed by atoms with Gasteiger partial charge in [0.15, 0.2) is 11.5 Å². The van der Waals surface area contributed by atoms with E-state index in [-0.39, 0.29) is 30.0 Å². The molecule has 0 N–H and O–H groups in total. The van der Waals surface area contributed by atoms with Gasteiger partial charge < -0.3 is 18.9 Å². The summed E-state index contributed by atoms with van der Waals surface area (Å²) in [5.41, 5.74) is 4.89. The number of nitrogens with zero attached hydrogens (tertiary/aromatic N) is 2. The second kappa shape index (κ2) is 16.2. The summed E-state index contributed by atoms with van der Waals surface area (Å²) in [7, 11) is 0.985. The van der Waals surface area contributed by atoms with Crippen molar-refractivity contribution in [2.45, 2.75) is 62.1 Å². The highest BCUT2D eigenvalue weighted by atomic mass is 32.2. The van der Waals surface area contributed by atoms with E-state index in [0.717, 1.165) is 46.4 Å². The Labute approximate surface area is 295 Å². The van der Waals surface area contributed by atoms with Gasteiger partial charge in [-0.05, 0) is 121 Å². The average Bonchev–Trinajstić information content (AvgIpc) is 3.68. The number of aromatic nitrogens is 1. The molecule has 0 bridgehead atoms. The van der Waals surface area contributed by atoms with E-state index in [1.807, 2.05) is 78.9 Å². The number of ether oxygens (including phenoxy) is 4. The molecule has 0 amide bonds. The molecule has 0 saturated heterocycles. The van der Waals surface area contributed by atoms with Crippen molar-refractivity contribution in [3.05, 3.63) is 143 Å². The summed E-state index contributed by atoms with van der Waals surface area (Å²) in [4.78, 5) is 4.43. The van der Waals surface area contributed by atoms with Crippen molar-refractivity contribution in [3.8, 4) is 23.0 Å². The van der Waals surface area contributed by atoms with Gasteiger partial charge in [0.05, 0.1) is 32.3 Å². The van der Waals surface area contributed by atoms with Gasteiger partial charge in [-0.15, -0.1) is 0 Å². The Balaban J connectivity index is 1.32. The minimum Gasteiger partial charge on any atom is -0.497 e. The zero-order valence-corrected chi connectivity index (χ0v) is 29.6. The molecule has 0 spiro atoms. The smallest absolute Gasteiger partial charge is 0.243 e. The molecule has 0 radical (unpaired) electrons. The molecule has 1 fully saturated rings. The van der Waals surface area contributed by atoms with E-state index >= 15 is 0 Å². The van der Waals surface area contributed by atoms with E-state index in [0.29, 0.717) is 23.7 Å². The molecule has 5 aromatic rings. The molecule has 1 atom stereocenters. The van der Waals surface area contributed by atoms with Gasteiger partial charge in [-0.2, -0.15) is 4.31 Å². The molecule has 260 valence electrons. The Morgan fingerprint density at radius 2 is 1.22 bits per heavy atom. The summed E-state index contributed by atoms with van der Waals surface area (Å²) in [5.74, 6) is 2.80. The molecule has 1 saturated carbocycles. The third kappa shape index (κ3) is 8.46. The van der Waals surface area contributed by atoms with Crippen LogP contribution in [0.3, 0.4) is 0 Å². The summed E-state index contributed by atoms with van der Waals surface area (Å²) >= 11 is 0. The number of sulfonamides is 1. The number of hydrogen-bond acceptors (Lipinski definition) is 7. The molecule has 6 rings (SSSR count). The van der Waals surface area contributed by atoms with Crippen LogP contribution in [0.15, 0.2) is 120 Å². The zero-order chi connectivity index (χ0) is 34.9. The first kappa shape index (κ1) is 35.0. The van der Waals surface area contributed by atoms with Crippen LogP contribution in [0, 0.1) is 0 Å². The van der Waals surface area contributed by atoms with Crippen LogP contribution in [0.5, 0.6) is 23.0 Å². The Kier molecular flexibility index (Phi) is 11.4. The van der Waals surface area contributed by atoms with Crippen LogP contribution in [-0.2, 0) is 29.5 Å². The lowest BCUT2D eigenvalue weighted by Gasteiger charge is -2.24. The third-order valence-corrected chi connectivity index (χ3v) is 11.1. The van der Waals surface area contributed by atoms with Crippen molar-refractivity contribution in [2.75, 3.05) is 21.3 Å². The highest BCUT2D eigenvalue weighted by Gasteiger charge is 2.27. The molecular weight excluding hydrogens is 649 g/mol. The van der Waals surface area contributed by atoms with E-state index < -0.39 is 10.0 Å². The molecule has 8 nitrogen and oxygen atoms in total. The Morgan fingerprint density at radius 1 is 0.660 bits per heavy atom. The van der Waals surface area contributed by atoms with Crippen molar-refractivity contribution in [2.24, 2.45) is 0 Å². The second-order valence-corrected chi connectivity index (χ2v) is 14.5. The maximum Gasteiger partial charge on any atom is 0.243 e. The lowest BCUT2D eigenvalue weighted by molar-refractivity contribution is 0.200. The minimum atomic E-state index is -3.90. The van der Waals surface area contributed by atoms with E-state index in [4.69, 9.17) is 18.9 Å². The van der Waals surface area contributed by atoms with Crippen LogP contribution < -0.4 is 18.9 Å². The average molecular weight is 693 g/mol. The van der Waals surface area contributed by atoms with Crippen molar-refractivity contribution in [3.63, 3.8) is 0 Å². The molecule has 9 heteroatoms. The van der Waals surface area contributed by atoms with E-state index in [2.05, 4.69) is 17.1 Å². The Morgan fingerprint density at radius 3 is 1.76 bits per heavy atom. The fourth-order valence-corrected chi connectivity index (χ4v) is 7.90. The van der Waals surface area contributed by atoms with Crippen molar-refractivity contribution >= 4 is 10.0 Å². The first-order chi connectivity index (χ1) is 24.4. The third-order valence-electron chi connectivity index (χ3n) is 9.33. The highest BCUT2D eigenvalue weighted by Crippen LogP contribution is 2.38. The fourth-order valence-electron chi connectivity index (χ4n) is 6.49. The minimum absolute atomic E-state index is 0.0688. The predicted octanol–water partition coefficient (Wildman–Crippen LogP) is 8.19. The normalized spacial score (nSPS) is 14.0. The summed E-state index contributed by atoms with van der Waals surface area (Å²) < 4.78 is 53.0. The maximum absolute atomic E-state index is 14.3. The Hall–Kier alpha value is -4.86. The molecule has 1 heterocycles. The van der Waals surface area contributed by atoms with Gasteiger partial charge in [-0.1, -0.05) is 42.5 Å². The lowest BCUT2D eigenvalue weighted by Crippen LogP contribution is -2.30. The van der Waals surface area contributed by atoms with Gasteiger partial charge >= 0.3 is 0 Å². The second-order valence-electron chi connectivity index (χ2n) is 12.6. The molecule has 1 aromatic heterocycles. The number of rotatable bonds is 15. The topological polar surface area (TPSA) is 87.2 Å². The summed E-state index contributed by atoms with van der Waals surface area (Å²) in [6.07, 6.45) is 8.89. The number of hydrogen-bond donors (Lipinski definition) is 0. The molecule has 1 aliphatic carbocycles. The lowest BCUT2D eigenvalue weighted by atomic mass is 9.86. The van der Waals surface area contributed by atoms with E-state index in [1.54, 1.807) is 45.9 Å². The maximum atomic E-state index is 14.3. The van der Waals surface area contributed by atoms with Gasteiger partial charge in [0, 0.05) is 31.4 Å². The van der Waals surface area contributed by atoms with Crippen LogP contribution in [0.2, 0.25) is 0 Å². The molecular formula is C41H44N2O6S. The van der Waals surface area contributed by atoms with Crippen LogP contribution in [-0.4, -0.2) is 45.1 Å². The largest absolute Gasteiger partial charge is 0.497 e. The van der Waals surface area contributed by atoms with Gasteiger partial charge in [0.2, 0.25) is 10.0 Å². The predicted molar refractivity (Wildman–Crippen MR) is 195 cm³/mol. The highest BCUT2D eigenvalue weighted by molar-refractivity contribution is 7.89. The summed E-state index contributed by atoms with van der Waals surface area (Å²) in [6.45, 7) is 0.390. The first-order valence-electron chi connectivity index (χ1n) is 17.0. The van der Waals surface area contributed by atoms with Crippen molar-refractivity contribution in [1.29, 1.82) is 0 Å². The van der Waals surface area contributed by atoms with Crippen LogP contribution in [0.4, 0.5) is 0 Å². The SMILES string of the molecule is COc1ccc(CN(Cc2ccc(OC)cc2)S(=O)(=O)c2ccc(C(Cc3ccncc3)c3ccc(OC)c(OC4CCCC4)c3)cc2)cc1. The molecule has 1 unspecified atom stereocenters. The zero-order valence-electron chi connectivity index (χ0n) is 28.8.